The fourth-order valence-corrected chi connectivity index (χ4v) is 2.86. The normalized spacial score (nSPS) is 12.0. The molecule has 21 heavy (non-hydrogen) atoms. The van der Waals surface area contributed by atoms with Crippen molar-refractivity contribution < 1.29 is 8.42 Å². The summed E-state index contributed by atoms with van der Waals surface area (Å²) in [5.41, 5.74) is 1.66. The van der Waals surface area contributed by atoms with Crippen LogP contribution in [-0.4, -0.2) is 24.4 Å². The highest BCUT2D eigenvalue weighted by Gasteiger charge is 2.14. The van der Waals surface area contributed by atoms with Gasteiger partial charge in [0.1, 0.15) is 0 Å². The number of sulfonamides is 1. The summed E-state index contributed by atoms with van der Waals surface area (Å²) in [6.07, 6.45) is 3.10. The minimum Gasteiger partial charge on any atom is -0.347 e. The third-order valence-corrected chi connectivity index (χ3v) is 4.33. The third kappa shape index (κ3) is 4.66. The fourth-order valence-electron chi connectivity index (χ4n) is 1.78. The lowest BCUT2D eigenvalue weighted by Crippen LogP contribution is -2.24. The van der Waals surface area contributed by atoms with Gasteiger partial charge in [-0.05, 0) is 17.7 Å². The molecule has 7 heteroatoms. The van der Waals surface area contributed by atoms with E-state index in [1.54, 1.807) is 24.4 Å². The van der Waals surface area contributed by atoms with E-state index in [-0.39, 0.29) is 11.4 Å². The number of hydrogen-bond donors (Lipinski definition) is 3. The van der Waals surface area contributed by atoms with Gasteiger partial charge < -0.3 is 10.3 Å². The molecule has 0 spiro atoms. The molecule has 6 nitrogen and oxygen atoms in total. The van der Waals surface area contributed by atoms with Gasteiger partial charge in [-0.2, -0.15) is 0 Å². The monoisotopic (exact) mass is 308 g/mol. The molecule has 1 aromatic carbocycles. The molecule has 1 heterocycles. The van der Waals surface area contributed by atoms with E-state index in [2.05, 4.69) is 20.0 Å². The standard InChI is InChI=1S/C14H20N4O2S/c1-11(2)16-7-12-4-3-5-14(6-12)21(19,20)18-9-13-8-15-10-17-13/h3-6,8,10-11,16,18H,7,9H2,1-2H3,(H,15,17). The molecule has 0 amide bonds. The number of benzene rings is 1. The van der Waals surface area contributed by atoms with Crippen molar-refractivity contribution in [2.24, 2.45) is 0 Å². The Morgan fingerprint density at radius 3 is 2.76 bits per heavy atom. The summed E-state index contributed by atoms with van der Waals surface area (Å²) >= 11 is 0. The maximum atomic E-state index is 12.3. The summed E-state index contributed by atoms with van der Waals surface area (Å²) < 4.78 is 27.1. The number of nitrogens with one attached hydrogen (secondary N) is 3. The highest BCUT2D eigenvalue weighted by Crippen LogP contribution is 2.12. The van der Waals surface area contributed by atoms with Gasteiger partial charge in [0, 0.05) is 24.5 Å². The maximum Gasteiger partial charge on any atom is 0.240 e. The molecule has 0 aliphatic rings. The Morgan fingerprint density at radius 2 is 2.10 bits per heavy atom. The van der Waals surface area contributed by atoms with Crippen molar-refractivity contribution in [2.75, 3.05) is 0 Å². The molecular weight excluding hydrogens is 288 g/mol. The van der Waals surface area contributed by atoms with Crippen molar-refractivity contribution in [1.82, 2.24) is 20.0 Å². The number of aromatic nitrogens is 2. The first kappa shape index (κ1) is 15.7. The molecule has 2 rings (SSSR count). The van der Waals surface area contributed by atoms with Gasteiger partial charge in [-0.15, -0.1) is 0 Å². The van der Waals surface area contributed by atoms with E-state index in [4.69, 9.17) is 0 Å². The molecule has 0 saturated carbocycles. The highest BCUT2D eigenvalue weighted by molar-refractivity contribution is 7.89. The minimum absolute atomic E-state index is 0.191. The smallest absolute Gasteiger partial charge is 0.240 e. The summed E-state index contributed by atoms with van der Waals surface area (Å²) in [4.78, 5) is 6.98. The Bertz CT molecular complexity index is 666. The van der Waals surface area contributed by atoms with E-state index >= 15 is 0 Å². The lowest BCUT2D eigenvalue weighted by atomic mass is 10.2. The van der Waals surface area contributed by atoms with Gasteiger partial charge in [0.05, 0.1) is 17.8 Å². The second kappa shape index (κ2) is 6.84. The van der Waals surface area contributed by atoms with Gasteiger partial charge in [-0.1, -0.05) is 26.0 Å². The number of H-pyrrole nitrogens is 1. The van der Waals surface area contributed by atoms with Gasteiger partial charge in [0.25, 0.3) is 0 Å². The molecule has 0 atom stereocenters. The predicted molar refractivity (Wildman–Crippen MR) is 81.0 cm³/mol. The van der Waals surface area contributed by atoms with Gasteiger partial charge in [-0.3, -0.25) is 0 Å². The fraction of sp³-hybridized carbons (Fsp3) is 0.357. The molecule has 114 valence electrons. The van der Waals surface area contributed by atoms with Crippen LogP contribution in [0.4, 0.5) is 0 Å². The van der Waals surface area contributed by atoms with E-state index in [0.717, 1.165) is 11.3 Å². The Labute approximate surface area is 125 Å². The van der Waals surface area contributed by atoms with Crippen molar-refractivity contribution in [2.45, 2.75) is 37.9 Å². The van der Waals surface area contributed by atoms with E-state index < -0.39 is 10.0 Å². The van der Waals surface area contributed by atoms with Crippen LogP contribution in [0.15, 0.2) is 41.7 Å². The molecule has 0 bridgehead atoms. The van der Waals surface area contributed by atoms with Crippen molar-refractivity contribution in [3.05, 3.63) is 48.0 Å². The minimum atomic E-state index is -3.52. The van der Waals surface area contributed by atoms with Gasteiger partial charge >= 0.3 is 0 Å². The predicted octanol–water partition coefficient (Wildman–Crippen LogP) is 1.39. The zero-order chi connectivity index (χ0) is 15.3. The Hall–Kier alpha value is -1.70. The quantitative estimate of drug-likeness (QED) is 0.721. The molecular formula is C14H20N4O2S. The largest absolute Gasteiger partial charge is 0.347 e. The average molecular weight is 308 g/mol. The molecule has 1 aromatic heterocycles. The number of hydrogen-bond acceptors (Lipinski definition) is 4. The topological polar surface area (TPSA) is 86.9 Å². The average Bonchev–Trinajstić information content (AvgIpc) is 2.97. The van der Waals surface area contributed by atoms with Crippen LogP contribution >= 0.6 is 0 Å². The summed E-state index contributed by atoms with van der Waals surface area (Å²) in [7, 11) is -3.52. The van der Waals surface area contributed by atoms with Crippen LogP contribution < -0.4 is 10.0 Å². The molecule has 0 unspecified atom stereocenters. The van der Waals surface area contributed by atoms with Crippen LogP contribution in [0.3, 0.4) is 0 Å². The van der Waals surface area contributed by atoms with E-state index in [1.165, 1.54) is 6.33 Å². The molecule has 3 N–H and O–H groups in total. The van der Waals surface area contributed by atoms with Crippen LogP contribution in [0, 0.1) is 0 Å². The molecule has 0 radical (unpaired) electrons. The molecule has 0 fully saturated rings. The van der Waals surface area contributed by atoms with Gasteiger partial charge in [0.2, 0.25) is 10.0 Å². The lowest BCUT2D eigenvalue weighted by Gasteiger charge is -2.10. The van der Waals surface area contributed by atoms with E-state index in [9.17, 15) is 8.42 Å². The molecule has 0 saturated heterocycles. The SMILES string of the molecule is CC(C)NCc1cccc(S(=O)(=O)NCc2cnc[nH]2)c1. The zero-order valence-corrected chi connectivity index (χ0v) is 12.9. The first-order valence-electron chi connectivity index (χ1n) is 6.76. The van der Waals surface area contributed by atoms with Gasteiger partial charge in [-0.25, -0.2) is 18.1 Å². The number of nitrogens with zero attached hydrogens (tertiary/aromatic N) is 1. The highest BCUT2D eigenvalue weighted by atomic mass is 32.2. The number of rotatable bonds is 7. The van der Waals surface area contributed by atoms with Gasteiger partial charge in [0.15, 0.2) is 0 Å². The molecule has 0 aliphatic heterocycles. The van der Waals surface area contributed by atoms with Crippen molar-refractivity contribution in [3.8, 4) is 0 Å². The van der Waals surface area contributed by atoms with Crippen molar-refractivity contribution in [1.29, 1.82) is 0 Å². The number of aromatic amines is 1. The zero-order valence-electron chi connectivity index (χ0n) is 12.1. The maximum absolute atomic E-state index is 12.3. The summed E-state index contributed by atoms with van der Waals surface area (Å²) in [6, 6.07) is 7.29. The Balaban J connectivity index is 2.06. The first-order valence-corrected chi connectivity index (χ1v) is 8.25. The third-order valence-electron chi connectivity index (χ3n) is 2.93. The lowest BCUT2D eigenvalue weighted by molar-refractivity contribution is 0.578. The van der Waals surface area contributed by atoms with Crippen LogP contribution in [0.25, 0.3) is 0 Å². The van der Waals surface area contributed by atoms with E-state index in [0.29, 0.717) is 12.6 Å². The van der Waals surface area contributed by atoms with Crippen LogP contribution in [0.1, 0.15) is 25.1 Å². The van der Waals surface area contributed by atoms with Crippen LogP contribution in [-0.2, 0) is 23.1 Å². The second-order valence-corrected chi connectivity index (χ2v) is 6.85. The summed E-state index contributed by atoms with van der Waals surface area (Å²) in [5.74, 6) is 0. The first-order chi connectivity index (χ1) is 9.97. The van der Waals surface area contributed by atoms with Crippen LogP contribution in [0.5, 0.6) is 0 Å². The van der Waals surface area contributed by atoms with E-state index in [1.807, 2.05) is 19.9 Å². The molecule has 0 aliphatic carbocycles. The number of imidazole rings is 1. The second-order valence-electron chi connectivity index (χ2n) is 5.08. The molecule has 2 aromatic rings. The van der Waals surface area contributed by atoms with Crippen LogP contribution in [0.2, 0.25) is 0 Å². The van der Waals surface area contributed by atoms with Crippen molar-refractivity contribution in [3.63, 3.8) is 0 Å². The van der Waals surface area contributed by atoms with Crippen molar-refractivity contribution >= 4 is 10.0 Å². The summed E-state index contributed by atoms with van der Waals surface area (Å²) in [5, 5.41) is 3.27. The Morgan fingerprint density at radius 1 is 1.29 bits per heavy atom. The summed E-state index contributed by atoms with van der Waals surface area (Å²) in [6.45, 7) is 4.93. The Kier molecular flexibility index (Phi) is 5.11.